The van der Waals surface area contributed by atoms with Crippen molar-refractivity contribution in [2.45, 2.75) is 38.3 Å². The largest absolute Gasteiger partial charge is 0.492 e. The van der Waals surface area contributed by atoms with Gasteiger partial charge in [-0.1, -0.05) is 30.3 Å². The summed E-state index contributed by atoms with van der Waals surface area (Å²) >= 11 is 0. The third kappa shape index (κ3) is 3.92. The first-order valence-electron chi connectivity index (χ1n) is 12.0. The molecule has 1 saturated heterocycles. The van der Waals surface area contributed by atoms with Crippen molar-refractivity contribution >= 4 is 5.91 Å². The van der Waals surface area contributed by atoms with Gasteiger partial charge < -0.3 is 9.64 Å². The molecule has 0 bridgehead atoms. The number of nitrogens with zero attached hydrogens (tertiary/aromatic N) is 4. The summed E-state index contributed by atoms with van der Waals surface area (Å²) in [7, 11) is 0. The van der Waals surface area contributed by atoms with Gasteiger partial charge in [-0.05, 0) is 47.1 Å². The van der Waals surface area contributed by atoms with Crippen LogP contribution in [-0.4, -0.2) is 55.0 Å². The van der Waals surface area contributed by atoms with Crippen molar-refractivity contribution < 1.29 is 9.53 Å². The van der Waals surface area contributed by atoms with Gasteiger partial charge in [-0.15, -0.1) is 0 Å². The molecule has 1 unspecified atom stereocenters. The Morgan fingerprint density at radius 3 is 2.75 bits per heavy atom. The Hall–Kier alpha value is -2.73. The molecule has 6 heteroatoms. The topological polar surface area (TPSA) is 57.5 Å². The van der Waals surface area contributed by atoms with Crippen LogP contribution >= 0.6 is 0 Å². The van der Waals surface area contributed by atoms with Crippen LogP contribution in [0.2, 0.25) is 0 Å². The molecule has 0 spiro atoms. The van der Waals surface area contributed by atoms with E-state index >= 15 is 0 Å². The van der Waals surface area contributed by atoms with Crippen molar-refractivity contribution in [3.8, 4) is 5.75 Å². The smallest absolute Gasteiger partial charge is 0.257 e. The molecule has 0 aromatic heterocycles. The second kappa shape index (κ2) is 8.32. The molecule has 32 heavy (non-hydrogen) atoms. The number of hydrogen-bond donors (Lipinski definition) is 0. The van der Waals surface area contributed by atoms with Crippen molar-refractivity contribution in [3.05, 3.63) is 64.2 Å². The Bertz CT molecular complexity index is 1050. The van der Waals surface area contributed by atoms with Gasteiger partial charge >= 0.3 is 0 Å². The normalized spacial score (nSPS) is 22.4. The minimum Gasteiger partial charge on any atom is -0.492 e. The molecular formula is C26H30N4O2. The zero-order valence-electron chi connectivity index (χ0n) is 18.5. The van der Waals surface area contributed by atoms with E-state index in [-0.39, 0.29) is 11.9 Å². The number of fused-ring (bicyclic) bond motifs is 2. The lowest BCUT2D eigenvalue weighted by molar-refractivity contribution is 0.0628. The highest BCUT2D eigenvalue weighted by atomic mass is 16.5. The van der Waals surface area contributed by atoms with E-state index in [1.165, 1.54) is 30.5 Å². The number of benzene rings is 2. The molecule has 0 N–H and O–H groups in total. The number of amides is 1. The first-order chi connectivity index (χ1) is 15.7. The summed E-state index contributed by atoms with van der Waals surface area (Å²) in [5, 5.41) is 8.91. The average Bonchev–Trinajstić information content (AvgIpc) is 3.52. The first-order valence-corrected chi connectivity index (χ1v) is 12.0. The molecular weight excluding hydrogens is 400 g/mol. The van der Waals surface area contributed by atoms with Crippen LogP contribution in [0.25, 0.3) is 0 Å². The van der Waals surface area contributed by atoms with Gasteiger partial charge in [0.1, 0.15) is 11.8 Å². The van der Waals surface area contributed by atoms with Crippen LogP contribution in [0.1, 0.15) is 51.5 Å². The van der Waals surface area contributed by atoms with Gasteiger partial charge in [0.2, 0.25) is 0 Å². The third-order valence-corrected chi connectivity index (χ3v) is 7.25. The van der Waals surface area contributed by atoms with E-state index in [1.807, 2.05) is 4.90 Å². The molecule has 1 atom stereocenters. The minimum absolute atomic E-state index is 0.00856. The monoisotopic (exact) mass is 430 g/mol. The van der Waals surface area contributed by atoms with E-state index in [1.54, 1.807) is 0 Å². The summed E-state index contributed by atoms with van der Waals surface area (Å²) in [6.07, 6.45) is 4.37. The molecule has 3 aliphatic heterocycles. The number of rotatable bonds is 5. The van der Waals surface area contributed by atoms with E-state index in [4.69, 9.17) is 4.74 Å². The Morgan fingerprint density at radius 1 is 1.06 bits per heavy atom. The summed E-state index contributed by atoms with van der Waals surface area (Å²) in [5.41, 5.74) is 5.52. The van der Waals surface area contributed by atoms with Gasteiger partial charge in [0.15, 0.2) is 0 Å². The number of ether oxygens (including phenoxy) is 1. The Labute approximate surface area is 189 Å². The number of hydrogen-bond acceptors (Lipinski definition) is 5. The van der Waals surface area contributed by atoms with E-state index in [2.05, 4.69) is 51.5 Å². The predicted molar refractivity (Wildman–Crippen MR) is 122 cm³/mol. The molecule has 3 heterocycles. The number of carbonyl (C=O) groups is 1. The molecule has 1 saturated carbocycles. The maximum Gasteiger partial charge on any atom is 0.257 e. The maximum absolute atomic E-state index is 13.5. The molecule has 6 rings (SSSR count). The summed E-state index contributed by atoms with van der Waals surface area (Å²) in [6, 6.07) is 12.7. The van der Waals surface area contributed by atoms with Crippen LogP contribution in [0.5, 0.6) is 5.75 Å². The second-order valence-corrected chi connectivity index (χ2v) is 9.60. The number of azo groups is 1. The van der Waals surface area contributed by atoms with Crippen LogP contribution in [-0.2, 0) is 19.4 Å². The van der Waals surface area contributed by atoms with E-state index in [0.29, 0.717) is 13.2 Å². The van der Waals surface area contributed by atoms with Crippen molar-refractivity contribution in [1.29, 1.82) is 0 Å². The average molecular weight is 431 g/mol. The maximum atomic E-state index is 13.5. The van der Waals surface area contributed by atoms with E-state index in [0.717, 1.165) is 67.4 Å². The minimum atomic E-state index is 0.00856. The standard InChI is InChI=1S/C26H30N4O2/c31-26(30-10-8-29(9-11-30)17-18-5-6-18)23-14-19(13-20-7-12-32-25(20)23)15-24-22-4-2-1-3-21(22)16-27-28-24/h1-4,13-14,18,24H,5-12,15-17H2. The Morgan fingerprint density at radius 2 is 1.91 bits per heavy atom. The molecule has 2 aromatic carbocycles. The lowest BCUT2D eigenvalue weighted by atomic mass is 9.92. The molecule has 2 aromatic rings. The van der Waals surface area contributed by atoms with Crippen LogP contribution in [0.4, 0.5) is 0 Å². The number of carbonyl (C=O) groups excluding carboxylic acids is 1. The quantitative estimate of drug-likeness (QED) is 0.719. The molecule has 4 aliphatic rings. The predicted octanol–water partition coefficient (Wildman–Crippen LogP) is 4.04. The molecule has 1 aliphatic carbocycles. The highest BCUT2D eigenvalue weighted by molar-refractivity contribution is 5.98. The Kier molecular flexibility index (Phi) is 5.18. The summed E-state index contributed by atoms with van der Waals surface area (Å²) in [6.45, 7) is 6.06. The zero-order valence-corrected chi connectivity index (χ0v) is 18.5. The lowest BCUT2D eigenvalue weighted by Crippen LogP contribution is -2.49. The van der Waals surface area contributed by atoms with Gasteiger partial charge in [-0.2, -0.15) is 10.2 Å². The molecule has 0 radical (unpaired) electrons. The van der Waals surface area contributed by atoms with Crippen molar-refractivity contribution in [1.82, 2.24) is 9.80 Å². The van der Waals surface area contributed by atoms with Gasteiger partial charge in [0, 0.05) is 45.6 Å². The van der Waals surface area contributed by atoms with E-state index < -0.39 is 0 Å². The van der Waals surface area contributed by atoms with Gasteiger partial charge in [-0.3, -0.25) is 9.69 Å². The van der Waals surface area contributed by atoms with Crippen LogP contribution in [0, 0.1) is 5.92 Å². The highest BCUT2D eigenvalue weighted by Crippen LogP contribution is 2.36. The summed E-state index contributed by atoms with van der Waals surface area (Å²) in [5.74, 6) is 1.80. The second-order valence-electron chi connectivity index (χ2n) is 9.60. The van der Waals surface area contributed by atoms with Gasteiger partial charge in [-0.25, -0.2) is 0 Å². The summed E-state index contributed by atoms with van der Waals surface area (Å²) < 4.78 is 5.92. The molecule has 166 valence electrons. The van der Waals surface area contributed by atoms with Gasteiger partial charge in [0.05, 0.1) is 18.7 Å². The fraction of sp³-hybridized carbons (Fsp3) is 0.500. The molecule has 6 nitrogen and oxygen atoms in total. The fourth-order valence-corrected chi connectivity index (χ4v) is 5.28. The lowest BCUT2D eigenvalue weighted by Gasteiger charge is -2.35. The van der Waals surface area contributed by atoms with Crippen molar-refractivity contribution in [2.24, 2.45) is 16.1 Å². The third-order valence-electron chi connectivity index (χ3n) is 7.25. The Balaban J connectivity index is 1.22. The summed E-state index contributed by atoms with van der Waals surface area (Å²) in [4.78, 5) is 18.1. The van der Waals surface area contributed by atoms with Gasteiger partial charge in [0.25, 0.3) is 5.91 Å². The molecule has 2 fully saturated rings. The van der Waals surface area contributed by atoms with Crippen LogP contribution in [0.3, 0.4) is 0 Å². The van der Waals surface area contributed by atoms with Crippen LogP contribution < -0.4 is 4.74 Å². The first kappa shape index (κ1) is 19.9. The van der Waals surface area contributed by atoms with Crippen molar-refractivity contribution in [2.75, 3.05) is 39.3 Å². The van der Waals surface area contributed by atoms with Crippen molar-refractivity contribution in [3.63, 3.8) is 0 Å². The number of piperazine rings is 1. The zero-order chi connectivity index (χ0) is 21.5. The van der Waals surface area contributed by atoms with Crippen LogP contribution in [0.15, 0.2) is 46.6 Å². The SMILES string of the molecule is O=C(c1cc(CC2N=NCc3ccccc32)cc2c1OCC2)N1CCN(CC2CC2)CC1. The highest BCUT2D eigenvalue weighted by Gasteiger charge is 2.31. The molecule has 1 amide bonds. The van der Waals surface area contributed by atoms with E-state index in [9.17, 15) is 4.79 Å². The fourth-order valence-electron chi connectivity index (χ4n) is 5.28.